The molecule has 0 aliphatic heterocycles. The predicted molar refractivity (Wildman–Crippen MR) is 81.1 cm³/mol. The van der Waals surface area contributed by atoms with Gasteiger partial charge >= 0.3 is 0 Å². The largest absolute Gasteiger partial charge is 0.399 e. The minimum Gasteiger partial charge on any atom is -0.399 e. The molecule has 0 fully saturated rings. The van der Waals surface area contributed by atoms with Crippen LogP contribution in [0.25, 0.3) is 0 Å². The van der Waals surface area contributed by atoms with Crippen molar-refractivity contribution in [3.05, 3.63) is 60.2 Å². The van der Waals surface area contributed by atoms with Gasteiger partial charge < -0.3 is 11.1 Å². The molecule has 0 atom stereocenters. The summed E-state index contributed by atoms with van der Waals surface area (Å²) in [5.74, 6) is 0.659. The fourth-order valence-electron chi connectivity index (χ4n) is 1.53. The van der Waals surface area contributed by atoms with Crippen molar-refractivity contribution in [2.24, 2.45) is 0 Å². The van der Waals surface area contributed by atoms with Crippen LogP contribution in [0.5, 0.6) is 0 Å². The number of rotatable bonds is 3. The van der Waals surface area contributed by atoms with E-state index in [1.54, 1.807) is 24.3 Å². The lowest BCUT2D eigenvalue weighted by atomic mass is 10.0. The topological polar surface area (TPSA) is 55.1 Å². The highest BCUT2D eigenvalue weighted by Crippen LogP contribution is 2.11. The van der Waals surface area contributed by atoms with E-state index < -0.39 is 0 Å². The molecular formula is C16H20N2O. The highest BCUT2D eigenvalue weighted by atomic mass is 16.1. The number of hydrogen-bond acceptors (Lipinski definition) is 2. The van der Waals surface area contributed by atoms with Crippen LogP contribution in [0, 0.1) is 0 Å². The Labute approximate surface area is 114 Å². The molecule has 0 saturated heterocycles. The molecule has 2 aromatic carbocycles. The van der Waals surface area contributed by atoms with Crippen molar-refractivity contribution < 1.29 is 4.79 Å². The molecule has 3 heteroatoms. The second kappa shape index (κ2) is 7.93. The van der Waals surface area contributed by atoms with Gasteiger partial charge in [0.2, 0.25) is 6.41 Å². The second-order valence-corrected chi connectivity index (χ2v) is 4.45. The van der Waals surface area contributed by atoms with Crippen LogP contribution in [0.2, 0.25) is 0 Å². The van der Waals surface area contributed by atoms with Crippen LogP contribution >= 0.6 is 0 Å². The van der Waals surface area contributed by atoms with Crippen molar-refractivity contribution in [2.75, 3.05) is 11.1 Å². The third-order valence-electron chi connectivity index (χ3n) is 2.58. The summed E-state index contributed by atoms with van der Waals surface area (Å²) in [5, 5.41) is 2.49. The molecule has 2 aromatic rings. The van der Waals surface area contributed by atoms with Gasteiger partial charge in [0, 0.05) is 11.4 Å². The maximum absolute atomic E-state index is 9.93. The Hall–Kier alpha value is -2.29. The molecule has 0 aliphatic rings. The molecule has 2 rings (SSSR count). The van der Waals surface area contributed by atoms with Crippen molar-refractivity contribution in [1.82, 2.24) is 0 Å². The lowest BCUT2D eigenvalue weighted by molar-refractivity contribution is -0.105. The molecular weight excluding hydrogens is 236 g/mol. The van der Waals surface area contributed by atoms with E-state index in [1.165, 1.54) is 5.56 Å². The Morgan fingerprint density at radius 1 is 1.05 bits per heavy atom. The van der Waals surface area contributed by atoms with Crippen molar-refractivity contribution >= 4 is 17.8 Å². The normalized spacial score (nSPS) is 9.42. The van der Waals surface area contributed by atoms with Crippen LogP contribution < -0.4 is 11.1 Å². The summed E-state index contributed by atoms with van der Waals surface area (Å²) < 4.78 is 0. The van der Waals surface area contributed by atoms with Gasteiger partial charge in [0.1, 0.15) is 0 Å². The van der Waals surface area contributed by atoms with Crippen molar-refractivity contribution in [3.63, 3.8) is 0 Å². The quantitative estimate of drug-likeness (QED) is 0.650. The first-order valence-electron chi connectivity index (χ1n) is 6.24. The van der Waals surface area contributed by atoms with Crippen LogP contribution in [0.1, 0.15) is 25.3 Å². The maximum Gasteiger partial charge on any atom is 0.211 e. The standard InChI is InChI=1S/C9H12.C7H8N2O/c1-8(2)9-6-4-3-5-7-9;8-6-2-1-3-7(4-6)9-5-10/h3-8H,1-2H3;1-5H,8H2,(H,9,10). The van der Waals surface area contributed by atoms with Crippen molar-refractivity contribution in [3.8, 4) is 0 Å². The minimum absolute atomic E-state index is 0.620. The summed E-state index contributed by atoms with van der Waals surface area (Å²) in [6.07, 6.45) is 0.620. The molecule has 100 valence electrons. The first-order chi connectivity index (χ1) is 9.13. The molecule has 0 heterocycles. The molecule has 0 aromatic heterocycles. The van der Waals surface area contributed by atoms with E-state index in [9.17, 15) is 4.79 Å². The number of nitrogen functional groups attached to an aromatic ring is 1. The van der Waals surface area contributed by atoms with Gasteiger partial charge in [0.25, 0.3) is 0 Å². The summed E-state index contributed by atoms with van der Waals surface area (Å²) in [6, 6.07) is 17.5. The molecule has 0 radical (unpaired) electrons. The van der Waals surface area contributed by atoms with Gasteiger partial charge in [-0.25, -0.2) is 0 Å². The van der Waals surface area contributed by atoms with Gasteiger partial charge in [-0.15, -0.1) is 0 Å². The third kappa shape index (κ3) is 5.73. The summed E-state index contributed by atoms with van der Waals surface area (Å²) in [4.78, 5) is 9.93. The summed E-state index contributed by atoms with van der Waals surface area (Å²) >= 11 is 0. The van der Waals surface area contributed by atoms with Gasteiger partial charge in [-0.1, -0.05) is 50.2 Å². The summed E-state index contributed by atoms with van der Waals surface area (Å²) in [7, 11) is 0. The number of nitrogens with one attached hydrogen (secondary N) is 1. The molecule has 0 spiro atoms. The Bertz CT molecular complexity index is 495. The first kappa shape index (κ1) is 14.8. The van der Waals surface area contributed by atoms with Gasteiger partial charge in [0.15, 0.2) is 0 Å². The monoisotopic (exact) mass is 256 g/mol. The fraction of sp³-hybridized carbons (Fsp3) is 0.188. The average molecular weight is 256 g/mol. The van der Waals surface area contributed by atoms with Crippen LogP contribution in [0.3, 0.4) is 0 Å². The van der Waals surface area contributed by atoms with E-state index in [1.807, 2.05) is 6.07 Å². The number of hydrogen-bond donors (Lipinski definition) is 2. The SMILES string of the molecule is CC(C)c1ccccc1.Nc1cccc(NC=O)c1. The van der Waals surface area contributed by atoms with Gasteiger partial charge in [-0.2, -0.15) is 0 Å². The zero-order chi connectivity index (χ0) is 14.1. The molecule has 0 unspecified atom stereocenters. The molecule has 1 amide bonds. The van der Waals surface area contributed by atoms with Crippen LogP contribution in [0.15, 0.2) is 54.6 Å². The van der Waals surface area contributed by atoms with Gasteiger partial charge in [0.05, 0.1) is 0 Å². The Morgan fingerprint density at radius 2 is 1.74 bits per heavy atom. The molecule has 0 saturated carbocycles. The number of nitrogens with two attached hydrogens (primary N) is 1. The molecule has 0 aliphatic carbocycles. The molecule has 0 bridgehead atoms. The van der Waals surface area contributed by atoms with Crippen LogP contribution in [-0.2, 0) is 4.79 Å². The molecule has 3 N–H and O–H groups in total. The Morgan fingerprint density at radius 3 is 2.21 bits per heavy atom. The third-order valence-corrected chi connectivity index (χ3v) is 2.58. The number of carbonyl (C=O) groups is 1. The smallest absolute Gasteiger partial charge is 0.211 e. The summed E-state index contributed by atoms with van der Waals surface area (Å²) in [6.45, 7) is 4.41. The van der Waals surface area contributed by atoms with Crippen LogP contribution in [-0.4, -0.2) is 6.41 Å². The predicted octanol–water partition coefficient (Wildman–Crippen LogP) is 3.65. The zero-order valence-electron chi connectivity index (χ0n) is 11.3. The average Bonchev–Trinajstić information content (AvgIpc) is 2.41. The van der Waals surface area contributed by atoms with E-state index in [-0.39, 0.29) is 0 Å². The van der Waals surface area contributed by atoms with E-state index in [0.717, 1.165) is 5.69 Å². The number of benzene rings is 2. The first-order valence-corrected chi connectivity index (χ1v) is 6.24. The van der Waals surface area contributed by atoms with E-state index in [2.05, 4.69) is 43.4 Å². The lowest BCUT2D eigenvalue weighted by Gasteiger charge is -2.01. The van der Waals surface area contributed by atoms with Gasteiger partial charge in [-0.05, 0) is 29.7 Å². The van der Waals surface area contributed by atoms with E-state index in [4.69, 9.17) is 5.73 Å². The van der Waals surface area contributed by atoms with E-state index >= 15 is 0 Å². The highest BCUT2D eigenvalue weighted by Gasteiger charge is 1.93. The van der Waals surface area contributed by atoms with E-state index in [0.29, 0.717) is 18.0 Å². The molecule has 3 nitrogen and oxygen atoms in total. The fourth-order valence-corrected chi connectivity index (χ4v) is 1.53. The lowest BCUT2D eigenvalue weighted by Crippen LogP contribution is -1.94. The van der Waals surface area contributed by atoms with Crippen molar-refractivity contribution in [2.45, 2.75) is 19.8 Å². The number of carbonyl (C=O) groups excluding carboxylic acids is 1. The maximum atomic E-state index is 9.93. The Balaban J connectivity index is 0.000000191. The molecule has 19 heavy (non-hydrogen) atoms. The second-order valence-electron chi connectivity index (χ2n) is 4.45. The summed E-state index contributed by atoms with van der Waals surface area (Å²) in [5.41, 5.74) is 8.21. The minimum atomic E-state index is 0.620. The van der Waals surface area contributed by atoms with Crippen molar-refractivity contribution in [1.29, 1.82) is 0 Å². The zero-order valence-corrected chi connectivity index (χ0v) is 11.3. The van der Waals surface area contributed by atoms with Gasteiger partial charge in [-0.3, -0.25) is 4.79 Å². The number of amides is 1. The number of anilines is 2. The van der Waals surface area contributed by atoms with Crippen LogP contribution in [0.4, 0.5) is 11.4 Å². The highest BCUT2D eigenvalue weighted by molar-refractivity contribution is 5.72. The Kier molecular flexibility index (Phi) is 6.16.